The Hall–Kier alpha value is -1.14. The van der Waals surface area contributed by atoms with E-state index < -0.39 is 4.92 Å². The van der Waals surface area contributed by atoms with Gasteiger partial charge in [0.25, 0.3) is 0 Å². The largest absolute Gasteiger partial charge is 0.487 e. The van der Waals surface area contributed by atoms with Crippen molar-refractivity contribution in [1.82, 2.24) is 5.32 Å². The van der Waals surface area contributed by atoms with Gasteiger partial charge in [0.2, 0.25) is 0 Å². The highest BCUT2D eigenvalue weighted by atomic mass is 79.9. The summed E-state index contributed by atoms with van der Waals surface area (Å²) in [5.74, 6) is 0.955. The third kappa shape index (κ3) is 3.43. The van der Waals surface area contributed by atoms with E-state index in [2.05, 4.69) is 21.2 Å². The summed E-state index contributed by atoms with van der Waals surface area (Å²) in [4.78, 5) is 10.4. The van der Waals surface area contributed by atoms with Gasteiger partial charge in [-0.1, -0.05) is 15.9 Å². The molecule has 1 aromatic carbocycles. The van der Waals surface area contributed by atoms with Crippen LogP contribution < -0.4 is 10.1 Å². The van der Waals surface area contributed by atoms with Crippen molar-refractivity contribution in [1.29, 1.82) is 0 Å². The minimum Gasteiger partial charge on any atom is -0.487 e. The fraction of sp³-hybridized carbons (Fsp3) is 0.500. The third-order valence-electron chi connectivity index (χ3n) is 3.06. The zero-order valence-electron chi connectivity index (χ0n) is 9.89. The second-order valence-corrected chi connectivity index (χ2v) is 5.28. The van der Waals surface area contributed by atoms with Crippen LogP contribution in [0.5, 0.6) is 5.75 Å². The fourth-order valence-electron chi connectivity index (χ4n) is 2.05. The standard InChI is InChI=1S/C12H15BrN2O3/c13-10-1-2-11(15(16)17)12(7-10)18-6-4-9-3-5-14-8-9/h1-2,7,9,14H,3-6,8H2. The highest BCUT2D eigenvalue weighted by molar-refractivity contribution is 9.10. The van der Waals surface area contributed by atoms with Gasteiger partial charge in [0, 0.05) is 16.6 Å². The molecular weight excluding hydrogens is 300 g/mol. The molecule has 1 fully saturated rings. The summed E-state index contributed by atoms with van der Waals surface area (Å²) in [6.07, 6.45) is 2.08. The van der Waals surface area contributed by atoms with Gasteiger partial charge in [-0.25, -0.2) is 0 Å². The van der Waals surface area contributed by atoms with Gasteiger partial charge in [-0.3, -0.25) is 10.1 Å². The molecule has 0 saturated carbocycles. The molecule has 98 valence electrons. The molecule has 6 heteroatoms. The van der Waals surface area contributed by atoms with E-state index in [1.54, 1.807) is 12.1 Å². The lowest BCUT2D eigenvalue weighted by molar-refractivity contribution is -0.385. The number of nitro groups is 1. The zero-order valence-corrected chi connectivity index (χ0v) is 11.5. The molecule has 0 spiro atoms. The van der Waals surface area contributed by atoms with Crippen molar-refractivity contribution >= 4 is 21.6 Å². The molecule has 18 heavy (non-hydrogen) atoms. The first-order valence-electron chi connectivity index (χ1n) is 5.94. The number of ether oxygens (including phenoxy) is 1. The summed E-state index contributed by atoms with van der Waals surface area (Å²) >= 11 is 3.29. The molecule has 1 atom stereocenters. The van der Waals surface area contributed by atoms with Crippen molar-refractivity contribution in [3.63, 3.8) is 0 Å². The Morgan fingerprint density at radius 1 is 1.56 bits per heavy atom. The summed E-state index contributed by atoms with van der Waals surface area (Å²) in [5.41, 5.74) is 0.0164. The third-order valence-corrected chi connectivity index (χ3v) is 3.56. The molecule has 5 nitrogen and oxygen atoms in total. The molecule has 1 saturated heterocycles. The van der Waals surface area contributed by atoms with Gasteiger partial charge in [0.1, 0.15) is 0 Å². The number of nitrogens with one attached hydrogen (secondary N) is 1. The lowest BCUT2D eigenvalue weighted by Gasteiger charge is -2.10. The molecule has 1 heterocycles. The minimum atomic E-state index is -0.418. The number of nitrogens with zero attached hydrogens (tertiary/aromatic N) is 1. The van der Waals surface area contributed by atoms with E-state index in [0.717, 1.165) is 30.4 Å². The molecule has 1 aliphatic rings. The summed E-state index contributed by atoms with van der Waals surface area (Å²) in [5, 5.41) is 14.1. The maximum atomic E-state index is 10.9. The van der Waals surface area contributed by atoms with E-state index in [1.165, 1.54) is 6.07 Å². The van der Waals surface area contributed by atoms with Crippen molar-refractivity contribution in [2.75, 3.05) is 19.7 Å². The van der Waals surface area contributed by atoms with Crippen LogP contribution in [-0.2, 0) is 0 Å². The number of halogens is 1. The van der Waals surface area contributed by atoms with Crippen LogP contribution in [0.4, 0.5) is 5.69 Å². The van der Waals surface area contributed by atoms with E-state index >= 15 is 0 Å². The van der Waals surface area contributed by atoms with E-state index in [4.69, 9.17) is 4.74 Å². The van der Waals surface area contributed by atoms with Gasteiger partial charge in [0.05, 0.1) is 11.5 Å². The predicted molar refractivity (Wildman–Crippen MR) is 71.9 cm³/mol. The van der Waals surface area contributed by atoms with Crippen LogP contribution >= 0.6 is 15.9 Å². The molecule has 0 aromatic heterocycles. The Bertz CT molecular complexity index is 433. The first-order valence-corrected chi connectivity index (χ1v) is 6.73. The van der Waals surface area contributed by atoms with Crippen LogP contribution in [0.1, 0.15) is 12.8 Å². The van der Waals surface area contributed by atoms with Gasteiger partial charge in [0.15, 0.2) is 5.75 Å². The summed E-state index contributed by atoms with van der Waals surface area (Å²) < 4.78 is 6.32. The molecule has 0 amide bonds. The zero-order chi connectivity index (χ0) is 13.0. The Kier molecular flexibility index (Phi) is 4.54. The van der Waals surface area contributed by atoms with E-state index in [9.17, 15) is 10.1 Å². The fourth-order valence-corrected chi connectivity index (χ4v) is 2.39. The average molecular weight is 315 g/mol. The number of hydrogen-bond donors (Lipinski definition) is 1. The Labute approximate surface area is 114 Å². The smallest absolute Gasteiger partial charge is 0.310 e. The van der Waals surface area contributed by atoms with Crippen LogP contribution in [0.25, 0.3) is 0 Å². The van der Waals surface area contributed by atoms with Crippen LogP contribution in [-0.4, -0.2) is 24.6 Å². The maximum absolute atomic E-state index is 10.9. The molecule has 0 bridgehead atoms. The molecular formula is C12H15BrN2O3. The van der Waals surface area contributed by atoms with Gasteiger partial charge in [-0.2, -0.15) is 0 Å². The monoisotopic (exact) mass is 314 g/mol. The van der Waals surface area contributed by atoms with Crippen LogP contribution in [0.3, 0.4) is 0 Å². The molecule has 1 aromatic rings. The van der Waals surface area contributed by atoms with Gasteiger partial charge in [-0.05, 0) is 37.9 Å². The average Bonchev–Trinajstić information content (AvgIpc) is 2.82. The van der Waals surface area contributed by atoms with Crippen LogP contribution in [0.2, 0.25) is 0 Å². The second-order valence-electron chi connectivity index (χ2n) is 4.37. The highest BCUT2D eigenvalue weighted by Crippen LogP contribution is 2.30. The Balaban J connectivity index is 1.94. The van der Waals surface area contributed by atoms with Crippen LogP contribution in [0.15, 0.2) is 22.7 Å². The SMILES string of the molecule is O=[N+]([O-])c1ccc(Br)cc1OCCC1CCNC1. The van der Waals surface area contributed by atoms with Crippen molar-refractivity contribution in [2.45, 2.75) is 12.8 Å². The molecule has 1 aliphatic heterocycles. The summed E-state index contributed by atoms with van der Waals surface area (Å²) in [6.45, 7) is 2.59. The van der Waals surface area contributed by atoms with E-state index in [0.29, 0.717) is 18.3 Å². The molecule has 0 aliphatic carbocycles. The van der Waals surface area contributed by atoms with E-state index in [-0.39, 0.29) is 5.69 Å². The first kappa shape index (κ1) is 13.3. The minimum absolute atomic E-state index is 0.0164. The lowest BCUT2D eigenvalue weighted by Crippen LogP contribution is -2.12. The van der Waals surface area contributed by atoms with E-state index in [1.807, 2.05) is 0 Å². The van der Waals surface area contributed by atoms with Gasteiger partial charge < -0.3 is 10.1 Å². The molecule has 1 unspecified atom stereocenters. The second kappa shape index (κ2) is 6.15. The lowest BCUT2D eigenvalue weighted by atomic mass is 10.1. The number of rotatable bonds is 5. The van der Waals surface area contributed by atoms with Gasteiger partial charge >= 0.3 is 5.69 Å². The quantitative estimate of drug-likeness (QED) is 0.670. The molecule has 2 rings (SSSR count). The van der Waals surface area contributed by atoms with Crippen molar-refractivity contribution < 1.29 is 9.66 Å². The maximum Gasteiger partial charge on any atom is 0.310 e. The van der Waals surface area contributed by atoms with Gasteiger partial charge in [-0.15, -0.1) is 0 Å². The molecule has 1 N–H and O–H groups in total. The first-order chi connectivity index (χ1) is 8.66. The van der Waals surface area contributed by atoms with Crippen molar-refractivity contribution in [3.05, 3.63) is 32.8 Å². The highest BCUT2D eigenvalue weighted by Gasteiger charge is 2.17. The van der Waals surface area contributed by atoms with Crippen molar-refractivity contribution in [3.8, 4) is 5.75 Å². The predicted octanol–water partition coefficient (Wildman–Crippen LogP) is 2.74. The number of nitro benzene ring substituents is 1. The number of benzene rings is 1. The summed E-state index contributed by atoms with van der Waals surface area (Å²) in [6, 6.07) is 4.74. The normalized spacial score (nSPS) is 18.8. The van der Waals surface area contributed by atoms with Crippen LogP contribution in [0, 0.1) is 16.0 Å². The molecule has 0 radical (unpaired) electrons. The Morgan fingerprint density at radius 3 is 3.06 bits per heavy atom. The van der Waals surface area contributed by atoms with Crippen molar-refractivity contribution in [2.24, 2.45) is 5.92 Å². The topological polar surface area (TPSA) is 64.4 Å². The Morgan fingerprint density at radius 2 is 2.39 bits per heavy atom. The summed E-state index contributed by atoms with van der Waals surface area (Å²) in [7, 11) is 0. The number of hydrogen-bond acceptors (Lipinski definition) is 4.